The van der Waals surface area contributed by atoms with E-state index in [1.54, 1.807) is 0 Å². The first-order valence-electron chi connectivity index (χ1n) is 6.45. The van der Waals surface area contributed by atoms with Gasteiger partial charge in [0.2, 0.25) is 0 Å². The van der Waals surface area contributed by atoms with Crippen molar-refractivity contribution in [2.45, 2.75) is 26.0 Å². The van der Waals surface area contributed by atoms with Gasteiger partial charge < -0.3 is 10.4 Å². The lowest BCUT2D eigenvalue weighted by molar-refractivity contribution is 0.282. The van der Waals surface area contributed by atoms with Crippen LogP contribution < -0.4 is 5.32 Å². The lowest BCUT2D eigenvalue weighted by atomic mass is 10.0. The second kappa shape index (κ2) is 6.73. The molecule has 0 bridgehead atoms. The molecule has 0 heterocycles. The van der Waals surface area contributed by atoms with Gasteiger partial charge in [0, 0.05) is 15.7 Å². The molecule has 1 atom stereocenters. The van der Waals surface area contributed by atoms with Crippen molar-refractivity contribution in [3.05, 3.63) is 64.1 Å². The maximum Gasteiger partial charge on any atom is 0.0701 e. The third-order valence-electron chi connectivity index (χ3n) is 3.20. The molecule has 2 N–H and O–H groups in total. The largest absolute Gasteiger partial charge is 0.392 e. The van der Waals surface area contributed by atoms with Gasteiger partial charge in [-0.1, -0.05) is 53.2 Å². The Morgan fingerprint density at radius 1 is 1.11 bits per heavy atom. The highest BCUT2D eigenvalue weighted by Gasteiger charge is 2.10. The Morgan fingerprint density at radius 2 is 1.79 bits per heavy atom. The third-order valence-corrected chi connectivity index (χ3v) is 3.73. The average Bonchev–Trinajstić information content (AvgIpc) is 2.46. The Labute approximate surface area is 122 Å². The van der Waals surface area contributed by atoms with Crippen LogP contribution in [0.15, 0.2) is 53.0 Å². The predicted octanol–water partition coefficient (Wildman–Crippen LogP) is 4.50. The lowest BCUT2D eigenvalue weighted by Crippen LogP contribution is -2.11. The van der Waals surface area contributed by atoms with E-state index in [2.05, 4.69) is 52.4 Å². The van der Waals surface area contributed by atoms with Crippen molar-refractivity contribution in [2.75, 3.05) is 5.32 Å². The zero-order valence-corrected chi connectivity index (χ0v) is 12.5. The molecule has 100 valence electrons. The number of rotatable bonds is 5. The second-order valence-electron chi connectivity index (χ2n) is 4.47. The summed E-state index contributed by atoms with van der Waals surface area (Å²) in [7, 11) is 0. The summed E-state index contributed by atoms with van der Waals surface area (Å²) in [6, 6.07) is 16.5. The van der Waals surface area contributed by atoms with Crippen molar-refractivity contribution in [2.24, 2.45) is 0 Å². The molecule has 0 saturated heterocycles. The number of para-hydroxylation sites is 1. The van der Waals surface area contributed by atoms with E-state index in [0.29, 0.717) is 0 Å². The van der Waals surface area contributed by atoms with Gasteiger partial charge in [-0.05, 0) is 30.2 Å². The van der Waals surface area contributed by atoms with Crippen molar-refractivity contribution in [3.8, 4) is 0 Å². The van der Waals surface area contributed by atoms with Gasteiger partial charge in [0.25, 0.3) is 0 Å². The highest BCUT2D eigenvalue weighted by molar-refractivity contribution is 9.10. The van der Waals surface area contributed by atoms with Crippen molar-refractivity contribution in [3.63, 3.8) is 0 Å². The van der Waals surface area contributed by atoms with Gasteiger partial charge in [-0.15, -0.1) is 0 Å². The van der Waals surface area contributed by atoms with Gasteiger partial charge in [-0.3, -0.25) is 0 Å². The standard InChI is InChI=1S/C16H18BrNO/c1-2-15(12-7-9-14(17)10-8-12)18-16-6-4-3-5-13(16)11-19/h3-10,15,18-19H,2,11H2,1H3. The summed E-state index contributed by atoms with van der Waals surface area (Å²) < 4.78 is 1.09. The molecule has 0 amide bonds. The van der Waals surface area contributed by atoms with Crippen LogP contribution in [0.5, 0.6) is 0 Å². The normalized spacial score (nSPS) is 12.2. The number of aliphatic hydroxyl groups excluding tert-OH is 1. The van der Waals surface area contributed by atoms with Crippen molar-refractivity contribution >= 4 is 21.6 Å². The smallest absolute Gasteiger partial charge is 0.0701 e. The summed E-state index contributed by atoms with van der Waals surface area (Å²) in [6.07, 6.45) is 0.987. The molecular formula is C16H18BrNO. The van der Waals surface area contributed by atoms with Crippen LogP contribution in [-0.2, 0) is 6.61 Å². The van der Waals surface area contributed by atoms with Crippen LogP contribution in [0.4, 0.5) is 5.69 Å². The van der Waals surface area contributed by atoms with Crippen LogP contribution in [-0.4, -0.2) is 5.11 Å². The van der Waals surface area contributed by atoms with E-state index >= 15 is 0 Å². The monoisotopic (exact) mass is 319 g/mol. The molecule has 0 spiro atoms. The van der Waals surface area contributed by atoms with E-state index in [-0.39, 0.29) is 12.6 Å². The Kier molecular flexibility index (Phi) is 5.00. The molecule has 2 aromatic rings. The van der Waals surface area contributed by atoms with E-state index < -0.39 is 0 Å². The van der Waals surface area contributed by atoms with Crippen molar-refractivity contribution < 1.29 is 5.11 Å². The van der Waals surface area contributed by atoms with E-state index in [1.165, 1.54) is 5.56 Å². The molecule has 0 radical (unpaired) electrons. The van der Waals surface area contributed by atoms with E-state index in [9.17, 15) is 5.11 Å². The number of anilines is 1. The molecule has 3 heteroatoms. The predicted molar refractivity (Wildman–Crippen MR) is 83.2 cm³/mol. The quantitative estimate of drug-likeness (QED) is 0.850. The number of benzene rings is 2. The van der Waals surface area contributed by atoms with Gasteiger partial charge in [0.05, 0.1) is 12.6 Å². The molecular weight excluding hydrogens is 302 g/mol. The van der Waals surface area contributed by atoms with Gasteiger partial charge in [-0.25, -0.2) is 0 Å². The summed E-state index contributed by atoms with van der Waals surface area (Å²) in [4.78, 5) is 0. The Bertz CT molecular complexity index is 525. The fourth-order valence-electron chi connectivity index (χ4n) is 2.10. The zero-order valence-electron chi connectivity index (χ0n) is 10.9. The summed E-state index contributed by atoms with van der Waals surface area (Å²) in [5.41, 5.74) is 3.18. The minimum absolute atomic E-state index is 0.0555. The molecule has 0 fully saturated rings. The number of hydrogen-bond donors (Lipinski definition) is 2. The fourth-order valence-corrected chi connectivity index (χ4v) is 2.37. The molecule has 1 unspecified atom stereocenters. The second-order valence-corrected chi connectivity index (χ2v) is 5.39. The number of halogens is 1. The van der Waals surface area contributed by atoms with E-state index in [1.807, 2.05) is 24.3 Å². The van der Waals surface area contributed by atoms with Crippen LogP contribution in [0.25, 0.3) is 0 Å². The van der Waals surface area contributed by atoms with Crippen molar-refractivity contribution in [1.82, 2.24) is 0 Å². The topological polar surface area (TPSA) is 32.3 Å². The molecule has 19 heavy (non-hydrogen) atoms. The van der Waals surface area contributed by atoms with Crippen molar-refractivity contribution in [1.29, 1.82) is 0 Å². The summed E-state index contributed by atoms with van der Waals surface area (Å²) in [6.45, 7) is 2.21. The highest BCUT2D eigenvalue weighted by atomic mass is 79.9. The van der Waals surface area contributed by atoms with Gasteiger partial charge in [-0.2, -0.15) is 0 Å². The fraction of sp³-hybridized carbons (Fsp3) is 0.250. The van der Waals surface area contributed by atoms with Crippen LogP contribution in [0.1, 0.15) is 30.5 Å². The highest BCUT2D eigenvalue weighted by Crippen LogP contribution is 2.26. The summed E-state index contributed by atoms with van der Waals surface area (Å²) in [5.74, 6) is 0. The molecule has 2 nitrogen and oxygen atoms in total. The Balaban J connectivity index is 2.21. The van der Waals surface area contributed by atoms with E-state index in [0.717, 1.165) is 22.1 Å². The Hall–Kier alpha value is -1.32. The minimum Gasteiger partial charge on any atom is -0.392 e. The lowest BCUT2D eigenvalue weighted by Gasteiger charge is -2.20. The maximum absolute atomic E-state index is 9.36. The first-order valence-corrected chi connectivity index (χ1v) is 7.24. The third kappa shape index (κ3) is 3.58. The molecule has 0 aromatic heterocycles. The average molecular weight is 320 g/mol. The molecule has 0 aliphatic heterocycles. The molecule has 0 saturated carbocycles. The molecule has 0 aliphatic rings. The first kappa shape index (κ1) is 14.1. The first-order chi connectivity index (χ1) is 9.24. The Morgan fingerprint density at radius 3 is 2.42 bits per heavy atom. The zero-order chi connectivity index (χ0) is 13.7. The van der Waals surface area contributed by atoms with E-state index in [4.69, 9.17) is 0 Å². The number of hydrogen-bond acceptors (Lipinski definition) is 2. The molecule has 2 rings (SSSR count). The van der Waals surface area contributed by atoms with Gasteiger partial charge in [0.15, 0.2) is 0 Å². The van der Waals surface area contributed by atoms with Crippen LogP contribution >= 0.6 is 15.9 Å². The van der Waals surface area contributed by atoms with Crippen LogP contribution in [0, 0.1) is 0 Å². The minimum atomic E-state index is 0.0555. The molecule has 2 aromatic carbocycles. The summed E-state index contributed by atoms with van der Waals surface area (Å²) >= 11 is 3.45. The number of aliphatic hydroxyl groups is 1. The molecule has 0 aliphatic carbocycles. The maximum atomic E-state index is 9.36. The summed E-state index contributed by atoms with van der Waals surface area (Å²) in [5, 5.41) is 12.9. The van der Waals surface area contributed by atoms with Crippen LogP contribution in [0.3, 0.4) is 0 Å². The van der Waals surface area contributed by atoms with Gasteiger partial charge >= 0.3 is 0 Å². The SMILES string of the molecule is CCC(Nc1ccccc1CO)c1ccc(Br)cc1. The number of nitrogens with one attached hydrogen (secondary N) is 1. The van der Waals surface area contributed by atoms with Gasteiger partial charge in [0.1, 0.15) is 0 Å². The van der Waals surface area contributed by atoms with Crippen LogP contribution in [0.2, 0.25) is 0 Å².